The first-order valence-electron chi connectivity index (χ1n) is 6.08. The number of nitrogens with one attached hydrogen (secondary N) is 1. The SMILES string of the molecule is Cc1[nH]nc(-c2nn3c(-c4ccccn4)nnc3s2)c1Cl. The van der Waals surface area contributed by atoms with Gasteiger partial charge in [-0.25, -0.2) is 0 Å². The molecule has 4 aromatic rings. The Labute approximate surface area is 127 Å². The summed E-state index contributed by atoms with van der Waals surface area (Å²) in [4.78, 5) is 4.94. The lowest BCUT2D eigenvalue weighted by Crippen LogP contribution is -1.92. The average molecular weight is 318 g/mol. The Hall–Kier alpha value is -2.32. The smallest absolute Gasteiger partial charge is 0.235 e. The summed E-state index contributed by atoms with van der Waals surface area (Å²) < 4.78 is 1.66. The molecule has 4 aromatic heterocycles. The van der Waals surface area contributed by atoms with Crippen LogP contribution in [0.1, 0.15) is 5.69 Å². The molecule has 0 radical (unpaired) electrons. The summed E-state index contributed by atoms with van der Waals surface area (Å²) >= 11 is 7.59. The first-order valence-corrected chi connectivity index (χ1v) is 7.28. The van der Waals surface area contributed by atoms with E-state index in [1.165, 1.54) is 11.3 Å². The predicted octanol–water partition coefficient (Wildman–Crippen LogP) is 2.60. The normalized spacial score (nSPS) is 11.3. The highest BCUT2D eigenvalue weighted by molar-refractivity contribution is 7.19. The lowest BCUT2D eigenvalue weighted by molar-refractivity contribution is 0.954. The summed E-state index contributed by atoms with van der Waals surface area (Å²) in [6, 6.07) is 5.60. The molecule has 9 heteroatoms. The molecule has 0 atom stereocenters. The third-order valence-electron chi connectivity index (χ3n) is 2.96. The van der Waals surface area contributed by atoms with Gasteiger partial charge in [-0.3, -0.25) is 10.1 Å². The van der Waals surface area contributed by atoms with Crippen LogP contribution in [-0.4, -0.2) is 35.0 Å². The van der Waals surface area contributed by atoms with Crippen molar-refractivity contribution in [2.45, 2.75) is 6.92 Å². The van der Waals surface area contributed by atoms with Crippen LogP contribution in [0.3, 0.4) is 0 Å². The van der Waals surface area contributed by atoms with Crippen LogP contribution in [-0.2, 0) is 0 Å². The molecule has 0 aliphatic heterocycles. The van der Waals surface area contributed by atoms with E-state index in [1.54, 1.807) is 10.7 Å². The predicted molar refractivity (Wildman–Crippen MR) is 79.2 cm³/mol. The maximum atomic E-state index is 6.21. The summed E-state index contributed by atoms with van der Waals surface area (Å²) in [6.45, 7) is 1.86. The molecule has 0 unspecified atom stereocenters. The van der Waals surface area contributed by atoms with Crippen molar-refractivity contribution in [1.82, 2.24) is 35.0 Å². The first kappa shape index (κ1) is 12.4. The van der Waals surface area contributed by atoms with Gasteiger partial charge in [-0.05, 0) is 19.1 Å². The van der Waals surface area contributed by atoms with Crippen LogP contribution in [0.2, 0.25) is 5.02 Å². The summed E-state index contributed by atoms with van der Waals surface area (Å²) in [5.74, 6) is 0.594. The highest BCUT2D eigenvalue weighted by Gasteiger charge is 2.19. The van der Waals surface area contributed by atoms with Crippen molar-refractivity contribution < 1.29 is 0 Å². The molecule has 4 rings (SSSR count). The first-order chi connectivity index (χ1) is 10.2. The third-order valence-corrected chi connectivity index (χ3v) is 4.33. The van der Waals surface area contributed by atoms with Crippen molar-refractivity contribution in [3.8, 4) is 22.2 Å². The number of hydrogen-bond acceptors (Lipinski definition) is 6. The van der Waals surface area contributed by atoms with E-state index in [4.69, 9.17) is 11.6 Å². The minimum Gasteiger partial charge on any atom is -0.281 e. The van der Waals surface area contributed by atoms with Crippen molar-refractivity contribution >= 4 is 27.9 Å². The van der Waals surface area contributed by atoms with Crippen molar-refractivity contribution in [3.63, 3.8) is 0 Å². The molecular weight excluding hydrogens is 310 g/mol. The highest BCUT2D eigenvalue weighted by Crippen LogP contribution is 2.32. The highest BCUT2D eigenvalue weighted by atomic mass is 35.5. The van der Waals surface area contributed by atoms with Gasteiger partial charge in [0.1, 0.15) is 11.4 Å². The second-order valence-corrected chi connectivity index (χ2v) is 5.69. The summed E-state index contributed by atoms with van der Waals surface area (Å²) in [5, 5.41) is 21.0. The number of aromatic nitrogens is 7. The number of hydrogen-bond donors (Lipinski definition) is 1. The Morgan fingerprint density at radius 2 is 2.19 bits per heavy atom. The zero-order valence-corrected chi connectivity index (χ0v) is 12.4. The Balaban J connectivity index is 1.89. The molecular formula is C12H8ClN7S. The van der Waals surface area contributed by atoms with E-state index in [9.17, 15) is 0 Å². The van der Waals surface area contributed by atoms with Gasteiger partial charge >= 0.3 is 0 Å². The number of rotatable bonds is 2. The van der Waals surface area contributed by atoms with Gasteiger partial charge in [0.25, 0.3) is 0 Å². The Morgan fingerprint density at radius 1 is 1.29 bits per heavy atom. The number of H-pyrrole nitrogens is 1. The topological polar surface area (TPSA) is 84.7 Å². The number of nitrogens with zero attached hydrogens (tertiary/aromatic N) is 6. The molecule has 21 heavy (non-hydrogen) atoms. The summed E-state index contributed by atoms with van der Waals surface area (Å²) in [5.41, 5.74) is 2.14. The zero-order chi connectivity index (χ0) is 14.4. The van der Waals surface area contributed by atoms with E-state index in [0.29, 0.717) is 32.2 Å². The van der Waals surface area contributed by atoms with Crippen LogP contribution in [0.4, 0.5) is 0 Å². The lowest BCUT2D eigenvalue weighted by Gasteiger charge is -1.94. The van der Waals surface area contributed by atoms with E-state index < -0.39 is 0 Å². The molecule has 104 valence electrons. The standard InChI is InChI=1S/C12H8ClN7S/c1-6-8(13)9(16-15-6)11-19-20-10(17-18-12(20)21-11)7-4-2-3-5-14-7/h2-5H,1H3,(H,15,16). The molecule has 0 amide bonds. The van der Waals surface area contributed by atoms with E-state index in [2.05, 4.69) is 30.5 Å². The quantitative estimate of drug-likeness (QED) is 0.614. The maximum Gasteiger partial charge on any atom is 0.235 e. The van der Waals surface area contributed by atoms with Crippen molar-refractivity contribution in [2.24, 2.45) is 0 Å². The lowest BCUT2D eigenvalue weighted by atomic mass is 10.3. The fraction of sp³-hybridized carbons (Fsp3) is 0.0833. The fourth-order valence-electron chi connectivity index (χ4n) is 1.92. The average Bonchev–Trinajstić information content (AvgIpc) is 3.15. The van der Waals surface area contributed by atoms with Crippen molar-refractivity contribution in [2.75, 3.05) is 0 Å². The maximum absolute atomic E-state index is 6.21. The molecule has 1 N–H and O–H groups in total. The molecule has 0 saturated carbocycles. The van der Waals surface area contributed by atoms with Crippen LogP contribution in [0.5, 0.6) is 0 Å². The largest absolute Gasteiger partial charge is 0.281 e. The Kier molecular flexibility index (Phi) is 2.72. The van der Waals surface area contributed by atoms with Crippen LogP contribution >= 0.6 is 22.9 Å². The molecule has 0 spiro atoms. The number of fused-ring (bicyclic) bond motifs is 1. The van der Waals surface area contributed by atoms with Gasteiger partial charge in [0.05, 0.1) is 10.7 Å². The monoisotopic (exact) mass is 317 g/mol. The molecule has 0 fully saturated rings. The van der Waals surface area contributed by atoms with E-state index in [1.807, 2.05) is 25.1 Å². The Bertz CT molecular complexity index is 924. The third kappa shape index (κ3) is 1.91. The summed E-state index contributed by atoms with van der Waals surface area (Å²) in [7, 11) is 0. The molecule has 0 bridgehead atoms. The molecule has 0 aromatic carbocycles. The van der Waals surface area contributed by atoms with Crippen molar-refractivity contribution in [3.05, 3.63) is 35.1 Å². The molecule has 0 saturated heterocycles. The van der Waals surface area contributed by atoms with Gasteiger partial charge in [0.15, 0.2) is 5.01 Å². The summed E-state index contributed by atoms with van der Waals surface area (Å²) in [6.07, 6.45) is 1.71. The van der Waals surface area contributed by atoms with Crippen LogP contribution in [0, 0.1) is 6.92 Å². The van der Waals surface area contributed by atoms with Crippen molar-refractivity contribution in [1.29, 1.82) is 0 Å². The number of pyridine rings is 1. The van der Waals surface area contributed by atoms with Gasteiger partial charge in [-0.15, -0.1) is 10.2 Å². The molecule has 0 aliphatic carbocycles. The van der Waals surface area contributed by atoms with Gasteiger partial charge in [-0.2, -0.15) is 14.7 Å². The van der Waals surface area contributed by atoms with Gasteiger partial charge in [-0.1, -0.05) is 29.0 Å². The van der Waals surface area contributed by atoms with E-state index in [0.717, 1.165) is 5.69 Å². The fourth-order valence-corrected chi connectivity index (χ4v) is 2.99. The minimum atomic E-state index is 0.569. The zero-order valence-electron chi connectivity index (χ0n) is 10.8. The molecule has 7 nitrogen and oxygen atoms in total. The van der Waals surface area contributed by atoms with E-state index >= 15 is 0 Å². The van der Waals surface area contributed by atoms with Crippen LogP contribution in [0.25, 0.3) is 27.2 Å². The van der Waals surface area contributed by atoms with Gasteiger partial charge < -0.3 is 0 Å². The number of halogens is 1. The Morgan fingerprint density at radius 3 is 2.90 bits per heavy atom. The van der Waals surface area contributed by atoms with Crippen LogP contribution < -0.4 is 0 Å². The number of aryl methyl sites for hydroxylation is 1. The van der Waals surface area contributed by atoms with E-state index in [-0.39, 0.29) is 0 Å². The minimum absolute atomic E-state index is 0.569. The van der Waals surface area contributed by atoms with Gasteiger partial charge in [0.2, 0.25) is 10.8 Å². The van der Waals surface area contributed by atoms with Crippen LogP contribution in [0.15, 0.2) is 24.4 Å². The number of aromatic amines is 1. The molecule has 0 aliphatic rings. The second kappa shape index (κ2) is 4.61. The van der Waals surface area contributed by atoms with Gasteiger partial charge in [0, 0.05) is 6.20 Å². The second-order valence-electron chi connectivity index (χ2n) is 4.35. The molecule has 4 heterocycles.